The molecule has 0 N–H and O–H groups in total. The molecule has 0 aliphatic carbocycles. The maximum absolute atomic E-state index is 13.3. The molecule has 0 amide bonds. The van der Waals surface area contributed by atoms with Crippen LogP contribution in [0.25, 0.3) is 0 Å². The van der Waals surface area contributed by atoms with Crippen LogP contribution in [0, 0.1) is 0 Å². The Morgan fingerprint density at radius 2 is 1.18 bits per heavy atom. The zero-order valence-electron chi connectivity index (χ0n) is 11.4. The van der Waals surface area contributed by atoms with Gasteiger partial charge in [0.2, 0.25) is 0 Å². The van der Waals surface area contributed by atoms with Crippen molar-refractivity contribution >= 4 is 5.97 Å². The Morgan fingerprint density at radius 1 is 0.818 bits per heavy atom. The lowest BCUT2D eigenvalue weighted by atomic mass is 9.97. The lowest BCUT2D eigenvalue weighted by Crippen LogP contribution is -2.62. The summed E-state index contributed by atoms with van der Waals surface area (Å²) in [6.45, 7) is 5.54. The molecule has 22 heavy (non-hydrogen) atoms. The second kappa shape index (κ2) is 5.34. The highest BCUT2D eigenvalue weighted by Gasteiger charge is 2.82. The number of carbonyl (C=O) groups is 1. The fourth-order valence-electron chi connectivity index (χ4n) is 1.03. The Balaban J connectivity index is 5.73. The summed E-state index contributed by atoms with van der Waals surface area (Å²) in [5.74, 6) is -22.4. The van der Waals surface area contributed by atoms with E-state index in [1.165, 1.54) is 0 Å². The molecule has 130 valence electrons. The fourth-order valence-corrected chi connectivity index (χ4v) is 1.03. The molecule has 0 aromatic heterocycles. The summed E-state index contributed by atoms with van der Waals surface area (Å²) in [4.78, 5) is 11.2. The van der Waals surface area contributed by atoms with E-state index in [2.05, 4.69) is 11.3 Å². The zero-order chi connectivity index (χ0) is 18.4. The van der Waals surface area contributed by atoms with Gasteiger partial charge >= 0.3 is 29.9 Å². The molecular formula is C11H11F9O2. The number of hydrogen-bond donors (Lipinski definition) is 0. The highest BCUT2D eigenvalue weighted by atomic mass is 19.4. The quantitative estimate of drug-likeness (QED) is 0.430. The minimum Gasteiger partial charge on any atom is -0.456 e. The Labute approximate surface area is 118 Å². The molecule has 0 unspecified atom stereocenters. The first-order valence-corrected chi connectivity index (χ1v) is 5.42. The van der Waals surface area contributed by atoms with Crippen molar-refractivity contribution < 1.29 is 49.0 Å². The molecule has 2 nitrogen and oxygen atoms in total. The molecule has 0 heterocycles. The van der Waals surface area contributed by atoms with E-state index in [1.807, 2.05) is 0 Å². The van der Waals surface area contributed by atoms with Gasteiger partial charge in [-0.25, -0.2) is 4.79 Å². The zero-order valence-corrected chi connectivity index (χ0v) is 11.4. The normalized spacial score (nSPS) is 14.7. The van der Waals surface area contributed by atoms with E-state index in [0.29, 0.717) is 0 Å². The van der Waals surface area contributed by atoms with E-state index in [0.717, 1.165) is 20.8 Å². The second-order valence-corrected chi connectivity index (χ2v) is 5.20. The summed E-state index contributed by atoms with van der Waals surface area (Å²) in [5.41, 5.74) is -4.01. The number of hydrogen-bond acceptors (Lipinski definition) is 2. The van der Waals surface area contributed by atoms with Crippen molar-refractivity contribution in [2.75, 3.05) is 0 Å². The molecule has 0 aromatic rings. The topological polar surface area (TPSA) is 26.3 Å². The Hall–Kier alpha value is -1.42. The predicted molar refractivity (Wildman–Crippen MR) is 55.9 cm³/mol. The lowest BCUT2D eigenvalue weighted by molar-refractivity contribution is -0.389. The van der Waals surface area contributed by atoms with Gasteiger partial charge in [0.1, 0.15) is 11.2 Å². The van der Waals surface area contributed by atoms with Gasteiger partial charge in [-0.05, 0) is 20.8 Å². The second-order valence-electron chi connectivity index (χ2n) is 5.20. The van der Waals surface area contributed by atoms with Crippen LogP contribution in [0.4, 0.5) is 39.5 Å². The van der Waals surface area contributed by atoms with Crippen LogP contribution in [0.1, 0.15) is 20.8 Å². The monoisotopic (exact) mass is 346 g/mol. The number of alkyl halides is 9. The number of halogens is 9. The van der Waals surface area contributed by atoms with Crippen molar-refractivity contribution in [1.82, 2.24) is 0 Å². The van der Waals surface area contributed by atoms with E-state index in [9.17, 15) is 44.3 Å². The average molecular weight is 346 g/mol. The first-order valence-electron chi connectivity index (χ1n) is 5.42. The molecule has 0 rings (SSSR count). The number of rotatable bonds is 4. The molecular weight excluding hydrogens is 335 g/mol. The summed E-state index contributed by atoms with van der Waals surface area (Å²) in [7, 11) is 0. The van der Waals surface area contributed by atoms with Gasteiger partial charge in [0.25, 0.3) is 0 Å². The molecule has 0 fully saturated rings. The maximum Gasteiger partial charge on any atom is 0.460 e. The first-order chi connectivity index (χ1) is 9.29. The van der Waals surface area contributed by atoms with Crippen LogP contribution in [-0.4, -0.2) is 35.5 Å². The van der Waals surface area contributed by atoms with Crippen LogP contribution in [0.2, 0.25) is 0 Å². The van der Waals surface area contributed by atoms with Gasteiger partial charge in [0.15, 0.2) is 0 Å². The highest BCUT2D eigenvalue weighted by molar-refractivity contribution is 5.90. The van der Waals surface area contributed by atoms with Crippen LogP contribution in [0.3, 0.4) is 0 Å². The van der Waals surface area contributed by atoms with Crippen molar-refractivity contribution in [3.63, 3.8) is 0 Å². The third-order valence-electron chi connectivity index (χ3n) is 2.17. The summed E-state index contributed by atoms with van der Waals surface area (Å²) >= 11 is 0. The summed E-state index contributed by atoms with van der Waals surface area (Å²) in [6.07, 6.45) is -6.96. The van der Waals surface area contributed by atoms with E-state index < -0.39 is 41.1 Å². The van der Waals surface area contributed by atoms with Crippen molar-refractivity contribution in [2.45, 2.75) is 50.3 Å². The van der Waals surface area contributed by atoms with Gasteiger partial charge < -0.3 is 4.74 Å². The van der Waals surface area contributed by atoms with Crippen LogP contribution in [0.5, 0.6) is 0 Å². The maximum atomic E-state index is 13.3. The van der Waals surface area contributed by atoms with Crippen molar-refractivity contribution in [3.05, 3.63) is 12.2 Å². The highest BCUT2D eigenvalue weighted by Crippen LogP contribution is 2.55. The van der Waals surface area contributed by atoms with Crippen LogP contribution >= 0.6 is 0 Å². The lowest BCUT2D eigenvalue weighted by Gasteiger charge is -2.34. The van der Waals surface area contributed by atoms with Gasteiger partial charge in [0, 0.05) is 0 Å². The fraction of sp³-hybridized carbons (Fsp3) is 0.727. The van der Waals surface area contributed by atoms with Gasteiger partial charge in [-0.3, -0.25) is 0 Å². The smallest absolute Gasteiger partial charge is 0.456 e. The molecule has 0 saturated heterocycles. The largest absolute Gasteiger partial charge is 0.460 e. The van der Waals surface area contributed by atoms with Crippen molar-refractivity contribution in [1.29, 1.82) is 0 Å². The molecule has 0 aliphatic rings. The Bertz CT molecular complexity index is 457. The van der Waals surface area contributed by atoms with Gasteiger partial charge in [-0.15, -0.1) is 0 Å². The van der Waals surface area contributed by atoms with E-state index >= 15 is 0 Å². The first kappa shape index (κ1) is 20.6. The minimum atomic E-state index is -7.09. The molecule has 0 aromatic carbocycles. The molecule has 0 saturated carbocycles. The molecule has 0 aliphatic heterocycles. The molecule has 0 spiro atoms. The summed E-state index contributed by atoms with van der Waals surface area (Å²) in [5, 5.41) is 0. The minimum absolute atomic E-state index is 1.12. The standard InChI is InChI=1S/C11H11F9O2/c1-5(6(21)22-7(2,3)4)8(12,13)9(14,15)10(16,17)11(18,19)20/h1H2,2-4H3. The van der Waals surface area contributed by atoms with Crippen LogP contribution in [0.15, 0.2) is 12.2 Å². The molecule has 11 heteroatoms. The van der Waals surface area contributed by atoms with Crippen LogP contribution in [-0.2, 0) is 9.53 Å². The van der Waals surface area contributed by atoms with Crippen molar-refractivity contribution in [2.24, 2.45) is 0 Å². The Morgan fingerprint density at radius 3 is 1.45 bits per heavy atom. The Kier molecular flexibility index (Phi) is 4.99. The van der Waals surface area contributed by atoms with Gasteiger partial charge in [-0.2, -0.15) is 39.5 Å². The third-order valence-corrected chi connectivity index (χ3v) is 2.17. The molecule has 0 radical (unpaired) electrons. The molecule has 0 atom stereocenters. The predicted octanol–water partition coefficient (Wildman–Crippen LogP) is 4.35. The van der Waals surface area contributed by atoms with E-state index in [1.54, 1.807) is 0 Å². The number of ether oxygens (including phenoxy) is 1. The third kappa shape index (κ3) is 3.49. The molecule has 0 bridgehead atoms. The number of carbonyl (C=O) groups excluding carboxylic acids is 1. The van der Waals surface area contributed by atoms with Gasteiger partial charge in [-0.1, -0.05) is 6.58 Å². The number of esters is 1. The van der Waals surface area contributed by atoms with Crippen LogP contribution < -0.4 is 0 Å². The van der Waals surface area contributed by atoms with E-state index in [4.69, 9.17) is 0 Å². The van der Waals surface area contributed by atoms with E-state index in [-0.39, 0.29) is 0 Å². The van der Waals surface area contributed by atoms with Gasteiger partial charge in [0.05, 0.1) is 0 Å². The average Bonchev–Trinajstić information content (AvgIpc) is 2.23. The SMILES string of the molecule is C=C(C(=O)OC(C)(C)C)C(F)(F)C(F)(F)C(F)(F)C(F)(F)F. The summed E-state index contributed by atoms with van der Waals surface area (Å²) < 4.78 is 118. The van der Waals surface area contributed by atoms with Crippen molar-refractivity contribution in [3.8, 4) is 0 Å². The summed E-state index contributed by atoms with van der Waals surface area (Å²) in [6, 6.07) is 0.